The van der Waals surface area contributed by atoms with Gasteiger partial charge in [0.2, 0.25) is 0 Å². The molecule has 0 saturated carbocycles. The van der Waals surface area contributed by atoms with Crippen LogP contribution < -0.4 is 5.32 Å². The highest BCUT2D eigenvalue weighted by Crippen LogP contribution is 2.29. The van der Waals surface area contributed by atoms with E-state index in [-0.39, 0.29) is 0 Å². The van der Waals surface area contributed by atoms with Crippen LogP contribution in [0.4, 0.5) is 5.82 Å². The molecule has 2 aromatic heterocycles. The molecule has 2 rings (SSSR count). The van der Waals surface area contributed by atoms with E-state index in [1.165, 1.54) is 0 Å². The van der Waals surface area contributed by atoms with Crippen LogP contribution in [0.5, 0.6) is 0 Å². The maximum atomic E-state index is 4.64. The average Bonchev–Trinajstić information content (AvgIpc) is 2.43. The Morgan fingerprint density at radius 3 is 2.74 bits per heavy atom. The van der Waals surface area contributed by atoms with E-state index in [0.717, 1.165) is 40.1 Å². The van der Waals surface area contributed by atoms with Crippen molar-refractivity contribution < 1.29 is 0 Å². The van der Waals surface area contributed by atoms with Gasteiger partial charge in [-0.2, -0.15) is 0 Å². The van der Waals surface area contributed by atoms with Gasteiger partial charge in [0.25, 0.3) is 0 Å². The summed E-state index contributed by atoms with van der Waals surface area (Å²) >= 11 is 1.58. The SMILES string of the molecule is CCCc1nc(NC)c(C)c(Sc2ccccn2)n1. The molecule has 0 spiro atoms. The van der Waals surface area contributed by atoms with Gasteiger partial charge >= 0.3 is 0 Å². The minimum absolute atomic E-state index is 0.885. The maximum Gasteiger partial charge on any atom is 0.133 e. The second-order valence-electron chi connectivity index (χ2n) is 4.19. The second-order valence-corrected chi connectivity index (χ2v) is 5.20. The molecule has 5 heteroatoms. The highest BCUT2D eigenvalue weighted by atomic mass is 32.2. The number of nitrogens with zero attached hydrogens (tertiary/aromatic N) is 3. The van der Waals surface area contributed by atoms with E-state index in [1.54, 1.807) is 18.0 Å². The van der Waals surface area contributed by atoms with Gasteiger partial charge in [-0.15, -0.1) is 0 Å². The summed E-state index contributed by atoms with van der Waals surface area (Å²) in [5.41, 5.74) is 1.07. The van der Waals surface area contributed by atoms with Crippen molar-refractivity contribution in [2.75, 3.05) is 12.4 Å². The lowest BCUT2D eigenvalue weighted by Crippen LogP contribution is -2.04. The first-order valence-electron chi connectivity index (χ1n) is 6.38. The summed E-state index contributed by atoms with van der Waals surface area (Å²) in [6, 6.07) is 5.89. The Hall–Kier alpha value is -1.62. The van der Waals surface area contributed by atoms with Crippen molar-refractivity contribution in [2.24, 2.45) is 0 Å². The molecule has 2 heterocycles. The van der Waals surface area contributed by atoms with Crippen molar-refractivity contribution in [1.29, 1.82) is 0 Å². The molecule has 0 unspecified atom stereocenters. The molecule has 0 radical (unpaired) electrons. The van der Waals surface area contributed by atoms with Crippen molar-refractivity contribution in [2.45, 2.75) is 36.7 Å². The summed E-state index contributed by atoms with van der Waals surface area (Å²) in [7, 11) is 1.89. The first-order chi connectivity index (χ1) is 9.24. The smallest absolute Gasteiger partial charge is 0.133 e. The number of pyridine rings is 1. The number of aryl methyl sites for hydroxylation is 1. The molecule has 100 valence electrons. The molecular formula is C14H18N4S. The Balaban J connectivity index is 2.35. The first-order valence-corrected chi connectivity index (χ1v) is 7.20. The van der Waals surface area contributed by atoms with Gasteiger partial charge in [-0.05, 0) is 37.2 Å². The van der Waals surface area contributed by atoms with Gasteiger partial charge in [-0.1, -0.05) is 13.0 Å². The maximum absolute atomic E-state index is 4.64. The number of aromatic nitrogens is 3. The fourth-order valence-corrected chi connectivity index (χ4v) is 2.58. The van der Waals surface area contributed by atoms with Gasteiger partial charge in [0.15, 0.2) is 0 Å². The van der Waals surface area contributed by atoms with Crippen molar-refractivity contribution in [3.63, 3.8) is 0 Å². The summed E-state index contributed by atoms with van der Waals surface area (Å²) in [4.78, 5) is 13.5. The average molecular weight is 274 g/mol. The minimum Gasteiger partial charge on any atom is -0.373 e. The molecule has 1 N–H and O–H groups in total. The second kappa shape index (κ2) is 6.52. The van der Waals surface area contributed by atoms with E-state index < -0.39 is 0 Å². The Morgan fingerprint density at radius 1 is 1.26 bits per heavy atom. The molecular weight excluding hydrogens is 256 g/mol. The van der Waals surface area contributed by atoms with Gasteiger partial charge in [0.1, 0.15) is 21.7 Å². The highest BCUT2D eigenvalue weighted by molar-refractivity contribution is 7.99. The molecule has 0 bridgehead atoms. The van der Waals surface area contributed by atoms with Crippen molar-refractivity contribution in [3.8, 4) is 0 Å². The Labute approximate surface area is 118 Å². The molecule has 0 aliphatic carbocycles. The van der Waals surface area contributed by atoms with Crippen LogP contribution in [-0.4, -0.2) is 22.0 Å². The van der Waals surface area contributed by atoms with E-state index in [1.807, 2.05) is 32.2 Å². The van der Waals surface area contributed by atoms with Gasteiger partial charge < -0.3 is 5.32 Å². The van der Waals surface area contributed by atoms with E-state index in [9.17, 15) is 0 Å². The molecule has 0 atom stereocenters. The number of anilines is 1. The molecule has 19 heavy (non-hydrogen) atoms. The molecule has 0 aliphatic rings. The van der Waals surface area contributed by atoms with E-state index in [4.69, 9.17) is 0 Å². The number of hydrogen-bond acceptors (Lipinski definition) is 5. The first kappa shape index (κ1) is 13.8. The van der Waals surface area contributed by atoms with Crippen LogP contribution in [0, 0.1) is 6.92 Å². The van der Waals surface area contributed by atoms with Gasteiger partial charge in [-0.3, -0.25) is 0 Å². The predicted octanol–water partition coefficient (Wildman–Crippen LogP) is 3.33. The topological polar surface area (TPSA) is 50.7 Å². The fraction of sp³-hybridized carbons (Fsp3) is 0.357. The zero-order valence-electron chi connectivity index (χ0n) is 11.5. The molecule has 0 aliphatic heterocycles. The summed E-state index contributed by atoms with van der Waals surface area (Å²) in [5, 5.41) is 5.06. The quantitative estimate of drug-likeness (QED) is 0.848. The van der Waals surface area contributed by atoms with E-state index in [0.29, 0.717) is 0 Å². The standard InChI is InChI=1S/C14H18N4S/c1-4-7-11-17-13(15-3)10(2)14(18-11)19-12-8-5-6-9-16-12/h5-6,8-9H,4,7H2,1-3H3,(H,15,17,18). The molecule has 0 fully saturated rings. The van der Waals surface area contributed by atoms with Crippen LogP contribution in [0.15, 0.2) is 34.4 Å². The zero-order valence-corrected chi connectivity index (χ0v) is 12.3. The lowest BCUT2D eigenvalue weighted by molar-refractivity contribution is 0.803. The normalized spacial score (nSPS) is 10.5. The van der Waals surface area contributed by atoms with Crippen LogP contribution >= 0.6 is 11.8 Å². The summed E-state index contributed by atoms with van der Waals surface area (Å²) in [5.74, 6) is 1.78. The lowest BCUT2D eigenvalue weighted by Gasteiger charge is -2.11. The lowest BCUT2D eigenvalue weighted by atomic mass is 10.3. The van der Waals surface area contributed by atoms with E-state index in [2.05, 4.69) is 27.2 Å². The fourth-order valence-electron chi connectivity index (χ4n) is 1.72. The largest absolute Gasteiger partial charge is 0.373 e. The van der Waals surface area contributed by atoms with Gasteiger partial charge in [-0.25, -0.2) is 15.0 Å². The number of rotatable bonds is 5. The number of hydrogen-bond donors (Lipinski definition) is 1. The van der Waals surface area contributed by atoms with Crippen LogP contribution in [-0.2, 0) is 6.42 Å². The third-order valence-electron chi connectivity index (χ3n) is 2.70. The minimum atomic E-state index is 0.885. The van der Waals surface area contributed by atoms with Crippen molar-refractivity contribution in [1.82, 2.24) is 15.0 Å². The number of nitrogens with one attached hydrogen (secondary N) is 1. The van der Waals surface area contributed by atoms with Crippen molar-refractivity contribution in [3.05, 3.63) is 35.8 Å². The van der Waals surface area contributed by atoms with E-state index >= 15 is 0 Å². The van der Waals surface area contributed by atoms with Gasteiger partial charge in [0, 0.05) is 25.2 Å². The van der Waals surface area contributed by atoms with Crippen LogP contribution in [0.3, 0.4) is 0 Å². The predicted molar refractivity (Wildman–Crippen MR) is 78.7 cm³/mol. The summed E-state index contributed by atoms with van der Waals surface area (Å²) in [6.07, 6.45) is 3.73. The Morgan fingerprint density at radius 2 is 2.11 bits per heavy atom. The molecule has 0 amide bonds. The molecule has 0 aromatic carbocycles. The summed E-state index contributed by atoms with van der Waals surface area (Å²) in [6.45, 7) is 4.17. The monoisotopic (exact) mass is 274 g/mol. The van der Waals surface area contributed by atoms with Gasteiger partial charge in [0.05, 0.1) is 0 Å². The zero-order chi connectivity index (χ0) is 13.7. The molecule has 0 saturated heterocycles. The van der Waals surface area contributed by atoms with Crippen LogP contribution in [0.2, 0.25) is 0 Å². The molecule has 4 nitrogen and oxygen atoms in total. The highest BCUT2D eigenvalue weighted by Gasteiger charge is 2.11. The third kappa shape index (κ3) is 3.44. The summed E-state index contributed by atoms with van der Waals surface area (Å²) < 4.78 is 0. The van der Waals surface area contributed by atoms with Crippen molar-refractivity contribution >= 4 is 17.6 Å². The van der Waals surface area contributed by atoms with Crippen LogP contribution in [0.25, 0.3) is 0 Å². The molecule has 2 aromatic rings. The Bertz CT molecular complexity index is 543. The van der Waals surface area contributed by atoms with Crippen LogP contribution in [0.1, 0.15) is 24.7 Å². The Kier molecular flexibility index (Phi) is 4.74. The third-order valence-corrected chi connectivity index (χ3v) is 3.74.